The number of carbonyl (C=O) groups excluding carboxylic acids is 2. The summed E-state index contributed by atoms with van der Waals surface area (Å²) in [5.74, 6) is 0.702. The fourth-order valence-corrected chi connectivity index (χ4v) is 2.26. The number of benzene rings is 2. The fourth-order valence-electron chi connectivity index (χ4n) is 2.26. The Kier molecular flexibility index (Phi) is 6.83. The zero-order valence-electron chi connectivity index (χ0n) is 14.4. The van der Waals surface area contributed by atoms with Crippen LogP contribution in [0.3, 0.4) is 0 Å². The lowest BCUT2D eigenvalue weighted by molar-refractivity contribution is -0.126. The van der Waals surface area contributed by atoms with Crippen LogP contribution in [-0.2, 0) is 16.1 Å². The molecule has 6 heteroatoms. The van der Waals surface area contributed by atoms with Crippen LogP contribution in [-0.4, -0.2) is 25.5 Å². The van der Waals surface area contributed by atoms with Gasteiger partial charge in [-0.1, -0.05) is 18.2 Å². The summed E-state index contributed by atoms with van der Waals surface area (Å²) >= 11 is 0. The zero-order valence-corrected chi connectivity index (χ0v) is 14.4. The molecule has 0 fully saturated rings. The van der Waals surface area contributed by atoms with Crippen LogP contribution in [0.2, 0.25) is 0 Å². The van der Waals surface area contributed by atoms with Gasteiger partial charge in [-0.05, 0) is 37.3 Å². The van der Waals surface area contributed by atoms with Gasteiger partial charge >= 0.3 is 0 Å². The van der Waals surface area contributed by atoms with Crippen LogP contribution in [0.25, 0.3) is 0 Å². The molecule has 132 valence electrons. The van der Waals surface area contributed by atoms with E-state index < -0.39 is 0 Å². The van der Waals surface area contributed by atoms with E-state index in [2.05, 4.69) is 10.6 Å². The van der Waals surface area contributed by atoms with Crippen LogP contribution < -0.4 is 20.1 Å². The molecule has 0 spiro atoms. The molecule has 0 saturated heterocycles. The molecule has 0 aromatic heterocycles. The van der Waals surface area contributed by atoms with Gasteiger partial charge in [0, 0.05) is 17.8 Å². The first-order valence-electron chi connectivity index (χ1n) is 8.03. The van der Waals surface area contributed by atoms with Gasteiger partial charge in [0.2, 0.25) is 11.8 Å². The summed E-state index contributed by atoms with van der Waals surface area (Å²) in [6, 6.07) is 14.4. The summed E-state index contributed by atoms with van der Waals surface area (Å²) in [5, 5.41) is 5.40. The summed E-state index contributed by atoms with van der Waals surface area (Å²) in [6.45, 7) is 2.79. The molecule has 0 atom stereocenters. The quantitative estimate of drug-likeness (QED) is 0.723. The minimum Gasteiger partial charge on any atom is -0.496 e. The third-order valence-electron chi connectivity index (χ3n) is 3.44. The lowest BCUT2D eigenvalue weighted by Gasteiger charge is -2.10. The van der Waals surface area contributed by atoms with Gasteiger partial charge in [-0.15, -0.1) is 0 Å². The molecule has 0 aliphatic rings. The highest BCUT2D eigenvalue weighted by Gasteiger charge is 2.10. The molecule has 0 unspecified atom stereocenters. The molecule has 2 amide bonds. The Bertz CT molecular complexity index is 714. The molecule has 0 bridgehead atoms. The van der Waals surface area contributed by atoms with Gasteiger partial charge < -0.3 is 20.1 Å². The number of anilines is 1. The summed E-state index contributed by atoms with van der Waals surface area (Å²) in [4.78, 5) is 23.9. The van der Waals surface area contributed by atoms with E-state index in [1.165, 1.54) is 0 Å². The Hall–Kier alpha value is -3.02. The Morgan fingerprint density at radius 3 is 2.40 bits per heavy atom. The van der Waals surface area contributed by atoms with Crippen LogP contribution in [0.15, 0.2) is 48.5 Å². The lowest BCUT2D eigenvalue weighted by Crippen LogP contribution is -2.27. The first-order valence-corrected chi connectivity index (χ1v) is 8.03. The van der Waals surface area contributed by atoms with Crippen LogP contribution in [0.1, 0.15) is 18.9 Å². The van der Waals surface area contributed by atoms with Gasteiger partial charge in [0.15, 0.2) is 0 Å². The molecule has 0 heterocycles. The third-order valence-corrected chi connectivity index (χ3v) is 3.44. The van der Waals surface area contributed by atoms with Crippen molar-refractivity contribution >= 4 is 17.5 Å². The number of hydrogen-bond acceptors (Lipinski definition) is 4. The normalized spacial score (nSPS) is 10.0. The smallest absolute Gasteiger partial charge is 0.233 e. The zero-order chi connectivity index (χ0) is 18.1. The van der Waals surface area contributed by atoms with Crippen molar-refractivity contribution in [2.24, 2.45) is 0 Å². The van der Waals surface area contributed by atoms with E-state index in [9.17, 15) is 9.59 Å². The van der Waals surface area contributed by atoms with E-state index in [0.717, 1.165) is 11.3 Å². The summed E-state index contributed by atoms with van der Waals surface area (Å²) in [5.41, 5.74) is 1.47. The Morgan fingerprint density at radius 1 is 1.00 bits per heavy atom. The van der Waals surface area contributed by atoms with Gasteiger partial charge in [0.25, 0.3) is 0 Å². The monoisotopic (exact) mass is 342 g/mol. The Morgan fingerprint density at radius 2 is 1.72 bits per heavy atom. The van der Waals surface area contributed by atoms with Crippen molar-refractivity contribution in [1.82, 2.24) is 5.32 Å². The number of hydrogen-bond donors (Lipinski definition) is 2. The predicted octanol–water partition coefficient (Wildman–Crippen LogP) is 2.74. The van der Waals surface area contributed by atoms with Crippen molar-refractivity contribution in [2.45, 2.75) is 19.9 Å². The number of carbonyl (C=O) groups is 2. The molecule has 25 heavy (non-hydrogen) atoms. The van der Waals surface area contributed by atoms with E-state index in [4.69, 9.17) is 9.47 Å². The van der Waals surface area contributed by atoms with Gasteiger partial charge in [-0.3, -0.25) is 9.59 Å². The molecule has 2 aromatic carbocycles. The molecule has 0 radical (unpaired) electrons. The highest BCUT2D eigenvalue weighted by atomic mass is 16.5. The van der Waals surface area contributed by atoms with Gasteiger partial charge in [0.05, 0.1) is 13.7 Å². The number of para-hydroxylation sites is 1. The summed E-state index contributed by atoms with van der Waals surface area (Å²) in [7, 11) is 1.57. The molecule has 2 aromatic rings. The van der Waals surface area contributed by atoms with Crippen molar-refractivity contribution in [1.29, 1.82) is 0 Å². The maximum absolute atomic E-state index is 11.9. The number of ether oxygens (including phenoxy) is 2. The van der Waals surface area contributed by atoms with E-state index in [1.807, 2.05) is 31.2 Å². The van der Waals surface area contributed by atoms with Crippen molar-refractivity contribution in [3.8, 4) is 11.5 Å². The molecular formula is C19H22N2O4. The standard InChI is InChI=1S/C19H22N2O4/c1-3-25-16-10-8-15(9-11-16)21-19(23)12-18(22)20-13-14-6-4-5-7-17(14)24-2/h4-11H,3,12-13H2,1-2H3,(H,20,22)(H,21,23). The SMILES string of the molecule is CCOc1ccc(NC(=O)CC(=O)NCc2ccccc2OC)cc1. The molecule has 0 aliphatic heterocycles. The van der Waals surface area contributed by atoms with Gasteiger partial charge in [-0.2, -0.15) is 0 Å². The Labute approximate surface area is 147 Å². The topological polar surface area (TPSA) is 76.7 Å². The van der Waals surface area contributed by atoms with Crippen molar-refractivity contribution in [3.63, 3.8) is 0 Å². The minimum absolute atomic E-state index is 0.248. The van der Waals surface area contributed by atoms with E-state index in [-0.39, 0.29) is 18.2 Å². The molecule has 0 aliphatic carbocycles. The number of amides is 2. The second kappa shape index (κ2) is 9.32. The Balaban J connectivity index is 1.80. The maximum Gasteiger partial charge on any atom is 0.233 e. The van der Waals surface area contributed by atoms with Crippen LogP contribution in [0.4, 0.5) is 5.69 Å². The second-order valence-electron chi connectivity index (χ2n) is 5.27. The lowest BCUT2D eigenvalue weighted by atomic mass is 10.2. The van der Waals surface area contributed by atoms with Crippen molar-refractivity contribution in [3.05, 3.63) is 54.1 Å². The molecule has 0 saturated carbocycles. The number of methoxy groups -OCH3 is 1. The van der Waals surface area contributed by atoms with E-state index >= 15 is 0 Å². The largest absolute Gasteiger partial charge is 0.496 e. The van der Waals surface area contributed by atoms with Gasteiger partial charge in [0.1, 0.15) is 17.9 Å². The van der Waals surface area contributed by atoms with E-state index in [1.54, 1.807) is 31.4 Å². The predicted molar refractivity (Wildman–Crippen MR) is 95.7 cm³/mol. The molecule has 6 nitrogen and oxygen atoms in total. The molecular weight excluding hydrogens is 320 g/mol. The van der Waals surface area contributed by atoms with Crippen molar-refractivity contribution < 1.29 is 19.1 Å². The number of rotatable bonds is 8. The summed E-state index contributed by atoms with van der Waals surface area (Å²) in [6.07, 6.45) is -0.248. The average molecular weight is 342 g/mol. The third kappa shape index (κ3) is 5.84. The first-order chi connectivity index (χ1) is 12.1. The van der Waals surface area contributed by atoms with Crippen LogP contribution in [0, 0.1) is 0 Å². The van der Waals surface area contributed by atoms with E-state index in [0.29, 0.717) is 24.6 Å². The van der Waals surface area contributed by atoms with Crippen LogP contribution >= 0.6 is 0 Å². The first kappa shape index (κ1) is 18.3. The minimum atomic E-state index is -0.373. The van der Waals surface area contributed by atoms with Crippen molar-refractivity contribution in [2.75, 3.05) is 19.0 Å². The average Bonchev–Trinajstić information content (AvgIpc) is 2.62. The molecule has 2 N–H and O–H groups in total. The highest BCUT2D eigenvalue weighted by molar-refractivity contribution is 6.03. The highest BCUT2D eigenvalue weighted by Crippen LogP contribution is 2.17. The number of nitrogens with one attached hydrogen (secondary N) is 2. The summed E-state index contributed by atoms with van der Waals surface area (Å²) < 4.78 is 10.6. The van der Waals surface area contributed by atoms with Gasteiger partial charge in [-0.25, -0.2) is 0 Å². The van der Waals surface area contributed by atoms with Crippen LogP contribution in [0.5, 0.6) is 11.5 Å². The maximum atomic E-state index is 11.9. The molecule has 2 rings (SSSR count). The fraction of sp³-hybridized carbons (Fsp3) is 0.263. The second-order valence-corrected chi connectivity index (χ2v) is 5.27.